The van der Waals surface area contributed by atoms with E-state index in [-0.39, 0.29) is 23.3 Å². The van der Waals surface area contributed by atoms with Gasteiger partial charge in [-0.1, -0.05) is 18.2 Å². The van der Waals surface area contributed by atoms with Crippen LogP contribution in [0.2, 0.25) is 0 Å². The fraction of sp³-hybridized carbons (Fsp3) is 0.160. The van der Waals surface area contributed by atoms with Gasteiger partial charge in [-0.2, -0.15) is 18.2 Å². The second-order valence-electron chi connectivity index (χ2n) is 7.37. The quantitative estimate of drug-likeness (QED) is 0.370. The first kappa shape index (κ1) is 23.8. The lowest BCUT2D eigenvalue weighted by Gasteiger charge is -2.10. The average molecular weight is 482 g/mol. The molecule has 0 unspecified atom stereocenters. The third-order valence-corrected chi connectivity index (χ3v) is 5.01. The average Bonchev–Trinajstić information content (AvgIpc) is 3.28. The Morgan fingerprint density at radius 3 is 2.46 bits per heavy atom. The molecule has 0 fully saturated rings. The maximum Gasteiger partial charge on any atom is 0.416 e. The van der Waals surface area contributed by atoms with Gasteiger partial charge in [-0.3, -0.25) is 4.79 Å². The lowest BCUT2D eigenvalue weighted by molar-refractivity contribution is -0.137. The van der Waals surface area contributed by atoms with Crippen molar-refractivity contribution in [2.75, 3.05) is 19.0 Å². The lowest BCUT2D eigenvalue weighted by Crippen LogP contribution is -2.12. The summed E-state index contributed by atoms with van der Waals surface area (Å²) >= 11 is 0. The summed E-state index contributed by atoms with van der Waals surface area (Å²) in [5.41, 5.74) is 0.910. The number of aromatic nitrogens is 3. The molecule has 180 valence electrons. The number of ether oxygens (including phenoxy) is 2. The first-order chi connectivity index (χ1) is 16.8. The topological polar surface area (TPSA) is 78.3 Å². The zero-order chi connectivity index (χ0) is 25.0. The molecule has 0 aliphatic carbocycles. The molecule has 1 aromatic heterocycles. The summed E-state index contributed by atoms with van der Waals surface area (Å²) in [5, 5.41) is 7.09. The highest BCUT2D eigenvalue weighted by molar-refractivity contribution is 6.04. The number of benzene rings is 3. The highest BCUT2D eigenvalue weighted by Crippen LogP contribution is 2.33. The number of carbonyl (C=O) groups excluding carboxylic acids is 1. The van der Waals surface area contributed by atoms with E-state index in [0.717, 1.165) is 12.1 Å². The Hall–Kier alpha value is -4.34. The van der Waals surface area contributed by atoms with Crippen LogP contribution in [0.3, 0.4) is 0 Å². The number of nitrogens with zero attached hydrogens (tertiary/aromatic N) is 3. The number of anilines is 1. The number of methoxy groups -OCH3 is 1. The monoisotopic (exact) mass is 482 g/mol. The van der Waals surface area contributed by atoms with Gasteiger partial charge >= 0.3 is 12.2 Å². The van der Waals surface area contributed by atoms with Crippen molar-refractivity contribution in [1.29, 1.82) is 0 Å². The molecule has 0 saturated carbocycles. The van der Waals surface area contributed by atoms with Crippen LogP contribution in [0.4, 0.5) is 18.9 Å². The molecule has 10 heteroatoms. The molecule has 0 radical (unpaired) electrons. The van der Waals surface area contributed by atoms with Crippen molar-refractivity contribution < 1.29 is 27.4 Å². The Morgan fingerprint density at radius 1 is 1.03 bits per heavy atom. The summed E-state index contributed by atoms with van der Waals surface area (Å²) in [5.74, 6) is 0.430. The highest BCUT2D eigenvalue weighted by Gasteiger charge is 2.31. The number of alkyl halides is 3. The summed E-state index contributed by atoms with van der Waals surface area (Å²) < 4.78 is 51.6. The van der Waals surface area contributed by atoms with Gasteiger partial charge in [0, 0.05) is 16.8 Å². The maximum atomic E-state index is 13.2. The molecule has 0 saturated heterocycles. The van der Waals surface area contributed by atoms with Crippen LogP contribution in [0.5, 0.6) is 11.8 Å². The molecule has 0 bridgehead atoms. The Balaban J connectivity index is 1.63. The standard InChI is InChI=1S/C25H21F3N4O3/c1-3-35-24-30-22(16-6-4-8-18(14-16)25(26,27)28)32(31-24)20-12-10-19(11-13-20)29-23(33)17-7-5-9-21(15-17)34-2/h4-15H,3H2,1-2H3,(H,29,33). The van der Waals surface area contributed by atoms with E-state index in [1.54, 1.807) is 55.5 Å². The summed E-state index contributed by atoms with van der Waals surface area (Å²) in [6, 6.07) is 18.3. The molecule has 0 spiro atoms. The first-order valence-corrected chi connectivity index (χ1v) is 10.6. The molecule has 35 heavy (non-hydrogen) atoms. The number of carbonyl (C=O) groups is 1. The summed E-state index contributed by atoms with van der Waals surface area (Å²) in [6.07, 6.45) is -4.49. The van der Waals surface area contributed by atoms with Crippen LogP contribution in [0.1, 0.15) is 22.8 Å². The molecular formula is C25H21F3N4O3. The van der Waals surface area contributed by atoms with E-state index in [0.29, 0.717) is 29.3 Å². The van der Waals surface area contributed by atoms with Crippen molar-refractivity contribution in [3.8, 4) is 28.8 Å². The molecule has 3 aromatic carbocycles. The van der Waals surface area contributed by atoms with Gasteiger partial charge in [0.05, 0.1) is 25.0 Å². The zero-order valence-electron chi connectivity index (χ0n) is 18.8. The normalized spacial score (nSPS) is 11.2. The minimum absolute atomic E-state index is 0.0373. The Morgan fingerprint density at radius 2 is 1.77 bits per heavy atom. The van der Waals surface area contributed by atoms with Crippen LogP contribution >= 0.6 is 0 Å². The van der Waals surface area contributed by atoms with Crippen molar-refractivity contribution in [2.45, 2.75) is 13.1 Å². The number of hydrogen-bond acceptors (Lipinski definition) is 5. The molecule has 1 amide bonds. The summed E-state index contributed by atoms with van der Waals surface area (Å²) in [4.78, 5) is 16.8. The van der Waals surface area contributed by atoms with Gasteiger partial charge in [0.25, 0.3) is 5.91 Å². The van der Waals surface area contributed by atoms with Crippen LogP contribution < -0.4 is 14.8 Å². The number of nitrogens with one attached hydrogen (secondary N) is 1. The Bertz CT molecular complexity index is 1330. The van der Waals surface area contributed by atoms with Crippen LogP contribution in [0.15, 0.2) is 72.8 Å². The maximum absolute atomic E-state index is 13.2. The Labute approximate surface area is 199 Å². The van der Waals surface area contributed by atoms with Crippen molar-refractivity contribution in [3.63, 3.8) is 0 Å². The first-order valence-electron chi connectivity index (χ1n) is 10.6. The second-order valence-corrected chi connectivity index (χ2v) is 7.37. The molecule has 1 N–H and O–H groups in total. The molecule has 1 heterocycles. The predicted molar refractivity (Wildman–Crippen MR) is 124 cm³/mol. The second kappa shape index (κ2) is 9.88. The van der Waals surface area contributed by atoms with Crippen LogP contribution in [-0.4, -0.2) is 34.4 Å². The van der Waals surface area contributed by atoms with Gasteiger partial charge in [0.15, 0.2) is 5.82 Å². The van der Waals surface area contributed by atoms with E-state index in [4.69, 9.17) is 9.47 Å². The van der Waals surface area contributed by atoms with Crippen molar-refractivity contribution in [3.05, 3.63) is 83.9 Å². The van der Waals surface area contributed by atoms with Crippen LogP contribution in [0.25, 0.3) is 17.1 Å². The lowest BCUT2D eigenvalue weighted by atomic mass is 10.1. The zero-order valence-corrected chi connectivity index (χ0v) is 18.8. The van der Waals surface area contributed by atoms with Gasteiger partial charge in [-0.25, -0.2) is 4.68 Å². The van der Waals surface area contributed by atoms with E-state index in [9.17, 15) is 18.0 Å². The molecule has 4 rings (SSSR count). The Kier molecular flexibility index (Phi) is 6.72. The third kappa shape index (κ3) is 5.43. The van der Waals surface area contributed by atoms with Crippen LogP contribution in [0, 0.1) is 0 Å². The smallest absolute Gasteiger partial charge is 0.416 e. The third-order valence-electron chi connectivity index (χ3n) is 5.01. The molecule has 0 atom stereocenters. The van der Waals surface area contributed by atoms with E-state index in [1.165, 1.54) is 23.9 Å². The fourth-order valence-corrected chi connectivity index (χ4v) is 3.34. The van der Waals surface area contributed by atoms with Gasteiger partial charge < -0.3 is 14.8 Å². The minimum atomic E-state index is -4.49. The van der Waals surface area contributed by atoms with Crippen molar-refractivity contribution in [1.82, 2.24) is 14.8 Å². The highest BCUT2D eigenvalue weighted by atomic mass is 19.4. The summed E-state index contributed by atoms with van der Waals surface area (Å²) in [6.45, 7) is 2.05. The largest absolute Gasteiger partial charge is 0.497 e. The number of halogens is 3. The molecule has 7 nitrogen and oxygen atoms in total. The van der Waals surface area contributed by atoms with E-state index in [2.05, 4.69) is 15.4 Å². The minimum Gasteiger partial charge on any atom is -0.497 e. The SMILES string of the molecule is CCOc1nc(-c2cccc(C(F)(F)F)c2)n(-c2ccc(NC(=O)c3cccc(OC)c3)cc2)n1. The number of rotatable bonds is 7. The number of amides is 1. The van der Waals surface area contributed by atoms with Gasteiger partial charge in [0.2, 0.25) is 0 Å². The van der Waals surface area contributed by atoms with E-state index >= 15 is 0 Å². The molecule has 4 aromatic rings. The molecular weight excluding hydrogens is 461 g/mol. The molecule has 0 aliphatic heterocycles. The van der Waals surface area contributed by atoms with E-state index < -0.39 is 11.7 Å². The van der Waals surface area contributed by atoms with Crippen molar-refractivity contribution >= 4 is 11.6 Å². The molecule has 0 aliphatic rings. The van der Waals surface area contributed by atoms with Gasteiger partial charge in [0.1, 0.15) is 5.75 Å². The van der Waals surface area contributed by atoms with E-state index in [1.807, 2.05) is 0 Å². The predicted octanol–water partition coefficient (Wildman–Crippen LogP) is 5.61. The number of hydrogen-bond donors (Lipinski definition) is 1. The van der Waals surface area contributed by atoms with Crippen LogP contribution in [-0.2, 0) is 6.18 Å². The van der Waals surface area contributed by atoms with Crippen molar-refractivity contribution in [2.24, 2.45) is 0 Å². The fourth-order valence-electron chi connectivity index (χ4n) is 3.34. The summed E-state index contributed by atoms with van der Waals surface area (Å²) in [7, 11) is 1.52. The van der Waals surface area contributed by atoms with Gasteiger partial charge in [-0.15, -0.1) is 5.10 Å². The van der Waals surface area contributed by atoms with Gasteiger partial charge in [-0.05, 0) is 61.5 Å².